The van der Waals surface area contributed by atoms with Crippen LogP contribution in [0.15, 0.2) is 53.5 Å². The van der Waals surface area contributed by atoms with Crippen molar-refractivity contribution in [3.8, 4) is 0 Å². The molecule has 0 amide bonds. The van der Waals surface area contributed by atoms with Crippen molar-refractivity contribution in [1.29, 1.82) is 0 Å². The standard InChI is InChI=1S/C13H18O.C9H14N2O/c1-14-13-9-7-12(8-10-13)11-5-3-2-4-6-11;1-2-8-4-3-6-11(7-5-10)9(8)12/h2-6,12-13H,7-10H2,1H3;3-4,6H,2,5,7,10H2,1H3. The molecule has 0 aliphatic heterocycles. The lowest BCUT2D eigenvalue weighted by atomic mass is 9.83. The van der Waals surface area contributed by atoms with Gasteiger partial charge >= 0.3 is 0 Å². The predicted molar refractivity (Wildman–Crippen MR) is 108 cm³/mol. The normalized spacial score (nSPS) is 19.5. The molecule has 4 heteroatoms. The predicted octanol–water partition coefficient (Wildman–Crippen LogP) is 3.73. The summed E-state index contributed by atoms with van der Waals surface area (Å²) in [6.45, 7) is 3.09. The van der Waals surface area contributed by atoms with E-state index in [2.05, 4.69) is 30.3 Å². The monoisotopic (exact) mass is 356 g/mol. The zero-order valence-electron chi connectivity index (χ0n) is 16.1. The van der Waals surface area contributed by atoms with E-state index in [0.29, 0.717) is 19.2 Å². The molecule has 0 radical (unpaired) electrons. The number of hydrogen-bond donors (Lipinski definition) is 1. The maximum Gasteiger partial charge on any atom is 0.253 e. The Balaban J connectivity index is 0.000000190. The molecule has 0 spiro atoms. The Kier molecular flexibility index (Phi) is 8.59. The van der Waals surface area contributed by atoms with Crippen LogP contribution in [0.4, 0.5) is 0 Å². The molecule has 0 unspecified atom stereocenters. The molecule has 3 rings (SSSR count). The molecule has 2 aromatic rings. The van der Waals surface area contributed by atoms with Crippen molar-refractivity contribution in [2.75, 3.05) is 13.7 Å². The summed E-state index contributed by atoms with van der Waals surface area (Å²) >= 11 is 0. The van der Waals surface area contributed by atoms with Gasteiger partial charge in [0.15, 0.2) is 0 Å². The summed E-state index contributed by atoms with van der Waals surface area (Å²) in [5, 5.41) is 0. The highest BCUT2D eigenvalue weighted by molar-refractivity contribution is 5.19. The van der Waals surface area contributed by atoms with Crippen LogP contribution in [-0.4, -0.2) is 24.3 Å². The highest BCUT2D eigenvalue weighted by atomic mass is 16.5. The van der Waals surface area contributed by atoms with Gasteiger partial charge in [-0.25, -0.2) is 0 Å². The van der Waals surface area contributed by atoms with Gasteiger partial charge in [-0.15, -0.1) is 0 Å². The van der Waals surface area contributed by atoms with E-state index >= 15 is 0 Å². The number of aryl methyl sites for hydroxylation is 1. The van der Waals surface area contributed by atoms with Gasteiger partial charge in [0.05, 0.1) is 6.10 Å². The Hall–Kier alpha value is -1.91. The zero-order valence-corrected chi connectivity index (χ0v) is 16.1. The van der Waals surface area contributed by atoms with E-state index in [-0.39, 0.29) is 5.56 Å². The molecule has 1 fully saturated rings. The van der Waals surface area contributed by atoms with E-state index in [1.165, 1.54) is 31.2 Å². The van der Waals surface area contributed by atoms with Crippen LogP contribution in [0.5, 0.6) is 0 Å². The van der Waals surface area contributed by atoms with E-state index in [4.69, 9.17) is 10.5 Å². The summed E-state index contributed by atoms with van der Waals surface area (Å²) in [5.74, 6) is 0.766. The van der Waals surface area contributed by atoms with Gasteiger partial charge in [-0.1, -0.05) is 43.3 Å². The molecule has 2 N–H and O–H groups in total. The molecule has 0 bridgehead atoms. The quantitative estimate of drug-likeness (QED) is 0.888. The van der Waals surface area contributed by atoms with Gasteiger partial charge in [0.2, 0.25) is 0 Å². The highest BCUT2D eigenvalue weighted by Gasteiger charge is 2.21. The number of methoxy groups -OCH3 is 1. The highest BCUT2D eigenvalue weighted by Crippen LogP contribution is 2.33. The van der Waals surface area contributed by atoms with Crippen molar-refractivity contribution in [3.05, 3.63) is 70.1 Å². The third-order valence-corrected chi connectivity index (χ3v) is 5.13. The zero-order chi connectivity index (χ0) is 18.8. The third kappa shape index (κ3) is 5.82. The summed E-state index contributed by atoms with van der Waals surface area (Å²) in [6.07, 6.45) is 8.06. The molecule has 0 atom stereocenters. The topological polar surface area (TPSA) is 57.2 Å². The van der Waals surface area contributed by atoms with Crippen molar-refractivity contribution in [1.82, 2.24) is 4.57 Å². The van der Waals surface area contributed by atoms with Gasteiger partial charge < -0.3 is 15.0 Å². The Labute approximate surface area is 157 Å². The summed E-state index contributed by atoms with van der Waals surface area (Å²) in [6, 6.07) is 14.6. The fraction of sp³-hybridized carbons (Fsp3) is 0.500. The molecule has 1 saturated carbocycles. The van der Waals surface area contributed by atoms with Gasteiger partial charge in [-0.3, -0.25) is 4.79 Å². The molecular weight excluding hydrogens is 324 g/mol. The number of nitrogens with zero attached hydrogens (tertiary/aromatic N) is 1. The number of ether oxygens (including phenoxy) is 1. The lowest BCUT2D eigenvalue weighted by Crippen LogP contribution is -2.25. The minimum absolute atomic E-state index is 0.0884. The molecule has 4 nitrogen and oxygen atoms in total. The average molecular weight is 357 g/mol. The maximum absolute atomic E-state index is 11.5. The van der Waals surface area contributed by atoms with Crippen molar-refractivity contribution < 1.29 is 4.74 Å². The number of pyridine rings is 1. The van der Waals surface area contributed by atoms with E-state index in [9.17, 15) is 4.79 Å². The van der Waals surface area contributed by atoms with Crippen molar-refractivity contribution in [3.63, 3.8) is 0 Å². The van der Waals surface area contributed by atoms with Gasteiger partial charge in [0.25, 0.3) is 5.56 Å². The molecule has 1 aliphatic carbocycles. The molecule has 0 saturated heterocycles. The smallest absolute Gasteiger partial charge is 0.253 e. The SMILES string of the molecule is CCc1cccn(CCN)c1=O.COC1CCC(c2ccccc2)CC1. The second-order valence-corrected chi connectivity index (χ2v) is 6.79. The second kappa shape index (κ2) is 10.9. The van der Waals surface area contributed by atoms with Crippen LogP contribution in [0.2, 0.25) is 0 Å². The molecule has 1 aliphatic rings. The molecule has 1 heterocycles. The molecular formula is C22H32N2O2. The first-order valence-corrected chi connectivity index (χ1v) is 9.65. The van der Waals surface area contributed by atoms with Crippen LogP contribution in [0, 0.1) is 0 Å². The Morgan fingerprint density at radius 2 is 1.77 bits per heavy atom. The first-order valence-electron chi connectivity index (χ1n) is 9.65. The van der Waals surface area contributed by atoms with Gasteiger partial charge in [0.1, 0.15) is 0 Å². The average Bonchev–Trinajstić information content (AvgIpc) is 2.71. The number of nitrogens with two attached hydrogens (primary N) is 1. The van der Waals surface area contributed by atoms with Crippen molar-refractivity contribution in [2.45, 2.75) is 57.6 Å². The van der Waals surface area contributed by atoms with Crippen molar-refractivity contribution >= 4 is 0 Å². The fourth-order valence-corrected chi connectivity index (χ4v) is 3.53. The summed E-state index contributed by atoms with van der Waals surface area (Å²) in [4.78, 5) is 11.5. The van der Waals surface area contributed by atoms with E-state index < -0.39 is 0 Å². The maximum atomic E-state index is 11.5. The number of hydrogen-bond acceptors (Lipinski definition) is 3. The first kappa shape index (κ1) is 20.4. The third-order valence-electron chi connectivity index (χ3n) is 5.13. The van der Waals surface area contributed by atoms with Crippen LogP contribution in [0.3, 0.4) is 0 Å². The first-order chi connectivity index (χ1) is 12.7. The number of aromatic nitrogens is 1. The molecule has 142 valence electrons. The van der Waals surface area contributed by atoms with Crippen LogP contribution in [0.25, 0.3) is 0 Å². The second-order valence-electron chi connectivity index (χ2n) is 6.79. The van der Waals surface area contributed by atoms with Crippen LogP contribution < -0.4 is 11.3 Å². The Morgan fingerprint density at radius 1 is 1.08 bits per heavy atom. The van der Waals surface area contributed by atoms with E-state index in [0.717, 1.165) is 17.9 Å². The van der Waals surface area contributed by atoms with Crippen LogP contribution in [-0.2, 0) is 17.7 Å². The van der Waals surface area contributed by atoms with Crippen LogP contribution in [0.1, 0.15) is 49.7 Å². The minimum atomic E-state index is 0.0884. The number of benzene rings is 1. The summed E-state index contributed by atoms with van der Waals surface area (Å²) in [5.41, 5.74) is 7.80. The minimum Gasteiger partial charge on any atom is -0.381 e. The summed E-state index contributed by atoms with van der Waals surface area (Å²) in [7, 11) is 1.83. The Morgan fingerprint density at radius 3 is 2.35 bits per heavy atom. The Bertz CT molecular complexity index is 689. The van der Waals surface area contributed by atoms with E-state index in [1.54, 1.807) is 10.8 Å². The van der Waals surface area contributed by atoms with Gasteiger partial charge in [0, 0.05) is 32.0 Å². The fourth-order valence-electron chi connectivity index (χ4n) is 3.53. The summed E-state index contributed by atoms with van der Waals surface area (Å²) < 4.78 is 7.03. The van der Waals surface area contributed by atoms with Gasteiger partial charge in [-0.05, 0) is 49.7 Å². The lowest BCUT2D eigenvalue weighted by Gasteiger charge is -2.27. The number of rotatable bonds is 5. The van der Waals surface area contributed by atoms with Gasteiger partial charge in [-0.2, -0.15) is 0 Å². The molecule has 1 aromatic heterocycles. The molecule has 26 heavy (non-hydrogen) atoms. The largest absolute Gasteiger partial charge is 0.381 e. The molecule has 1 aromatic carbocycles. The van der Waals surface area contributed by atoms with E-state index in [1.807, 2.05) is 26.2 Å². The van der Waals surface area contributed by atoms with Crippen molar-refractivity contribution in [2.24, 2.45) is 5.73 Å². The van der Waals surface area contributed by atoms with Crippen LogP contribution >= 0.6 is 0 Å². The lowest BCUT2D eigenvalue weighted by molar-refractivity contribution is 0.0659.